The summed E-state index contributed by atoms with van der Waals surface area (Å²) in [6, 6.07) is 5.70. The predicted octanol–water partition coefficient (Wildman–Crippen LogP) is 2.93. The van der Waals surface area contributed by atoms with Crippen molar-refractivity contribution in [1.82, 2.24) is 9.97 Å². The molecule has 1 amide bonds. The number of carbonyl (C=O) groups excluding carboxylic acids is 1. The van der Waals surface area contributed by atoms with Crippen LogP contribution in [0, 0.1) is 13.8 Å². The molecule has 0 spiro atoms. The van der Waals surface area contributed by atoms with E-state index in [1.807, 2.05) is 32.0 Å². The summed E-state index contributed by atoms with van der Waals surface area (Å²) in [5.74, 6) is 0.629. The predicted molar refractivity (Wildman–Crippen MR) is 85.8 cm³/mol. The van der Waals surface area contributed by atoms with Gasteiger partial charge in [-0.3, -0.25) is 4.79 Å². The van der Waals surface area contributed by atoms with Crippen LogP contribution < -0.4 is 10.2 Å². The molecule has 0 fully saturated rings. The van der Waals surface area contributed by atoms with Crippen LogP contribution in [-0.2, 0) is 0 Å². The van der Waals surface area contributed by atoms with Crippen molar-refractivity contribution in [3.8, 4) is 0 Å². The first-order valence-corrected chi connectivity index (χ1v) is 7.51. The van der Waals surface area contributed by atoms with Crippen LogP contribution in [0.4, 0.5) is 11.5 Å². The number of hydrogen-bond donors (Lipinski definition) is 1. The number of rotatable bonds is 1. The largest absolute Gasteiger partial charge is 0.367 e. The lowest BCUT2D eigenvalue weighted by Crippen LogP contribution is -2.39. The minimum Gasteiger partial charge on any atom is -0.367 e. The number of aromatic nitrogens is 2. The van der Waals surface area contributed by atoms with Crippen molar-refractivity contribution in [3.05, 3.63) is 45.8 Å². The zero-order valence-electron chi connectivity index (χ0n) is 11.9. The molecule has 3 rings (SSSR count). The van der Waals surface area contributed by atoms with E-state index in [2.05, 4.69) is 31.2 Å². The molecule has 0 radical (unpaired) electrons. The maximum Gasteiger partial charge on any atom is 0.278 e. The highest BCUT2D eigenvalue weighted by Crippen LogP contribution is 2.29. The van der Waals surface area contributed by atoms with Crippen molar-refractivity contribution in [2.75, 3.05) is 23.3 Å². The van der Waals surface area contributed by atoms with Gasteiger partial charge in [0.2, 0.25) is 0 Å². The fourth-order valence-electron chi connectivity index (χ4n) is 2.33. The molecule has 2 aromatic heterocycles. The maximum atomic E-state index is 12.8. The van der Waals surface area contributed by atoms with Gasteiger partial charge in [0.25, 0.3) is 5.91 Å². The molecule has 0 bridgehead atoms. The van der Waals surface area contributed by atoms with Gasteiger partial charge in [0.15, 0.2) is 0 Å². The van der Waals surface area contributed by atoms with Crippen molar-refractivity contribution in [3.63, 3.8) is 0 Å². The average Bonchev–Trinajstić information content (AvgIpc) is 2.48. The van der Waals surface area contributed by atoms with Gasteiger partial charge in [-0.25, -0.2) is 9.97 Å². The minimum atomic E-state index is -0.110. The lowest BCUT2D eigenvalue weighted by Gasteiger charge is -2.29. The van der Waals surface area contributed by atoms with Crippen LogP contribution in [0.1, 0.15) is 21.7 Å². The summed E-state index contributed by atoms with van der Waals surface area (Å²) >= 11 is 3.41. The van der Waals surface area contributed by atoms with Crippen LogP contribution in [-0.4, -0.2) is 29.0 Å². The van der Waals surface area contributed by atoms with Crippen molar-refractivity contribution < 1.29 is 4.79 Å². The molecular formula is C15H15BrN4O. The molecule has 0 saturated heterocycles. The summed E-state index contributed by atoms with van der Waals surface area (Å²) < 4.78 is 0.707. The highest BCUT2D eigenvalue weighted by atomic mass is 79.9. The summed E-state index contributed by atoms with van der Waals surface area (Å²) in [7, 11) is 0. The first-order chi connectivity index (χ1) is 10.1. The quantitative estimate of drug-likeness (QED) is 0.862. The topological polar surface area (TPSA) is 58.1 Å². The molecule has 1 N–H and O–H groups in total. The monoisotopic (exact) mass is 346 g/mol. The third-order valence-electron chi connectivity index (χ3n) is 3.36. The summed E-state index contributed by atoms with van der Waals surface area (Å²) in [6.07, 6.45) is 1.79. The Kier molecular flexibility index (Phi) is 3.63. The number of hydrogen-bond acceptors (Lipinski definition) is 4. The van der Waals surface area contributed by atoms with Crippen LogP contribution in [0.3, 0.4) is 0 Å². The molecule has 108 valence electrons. The van der Waals surface area contributed by atoms with E-state index < -0.39 is 0 Å². The third kappa shape index (κ3) is 2.63. The number of halogens is 1. The molecule has 3 heterocycles. The Morgan fingerprint density at radius 2 is 2.19 bits per heavy atom. The summed E-state index contributed by atoms with van der Waals surface area (Å²) in [6.45, 7) is 5.11. The second-order valence-corrected chi connectivity index (χ2v) is 5.90. The number of pyridine rings is 2. The first kappa shape index (κ1) is 14.0. The SMILES string of the molecule is Cc1cnc2c(c1)N(C(=O)c1nc(C)ccc1Br)CCN2. The molecule has 1 aliphatic heterocycles. The van der Waals surface area contributed by atoms with Crippen LogP contribution in [0.15, 0.2) is 28.9 Å². The third-order valence-corrected chi connectivity index (χ3v) is 4.00. The second kappa shape index (κ2) is 5.44. The van der Waals surface area contributed by atoms with E-state index in [0.717, 1.165) is 22.8 Å². The standard InChI is InChI=1S/C15H15BrN4O/c1-9-7-12-14(18-8-9)17-5-6-20(12)15(21)13-11(16)4-3-10(2)19-13/h3-4,7-8H,5-6H2,1-2H3,(H,17,18). The number of anilines is 2. The number of nitrogens with one attached hydrogen (secondary N) is 1. The second-order valence-electron chi connectivity index (χ2n) is 5.05. The summed E-state index contributed by atoms with van der Waals surface area (Å²) in [4.78, 5) is 23.3. The van der Waals surface area contributed by atoms with Gasteiger partial charge in [-0.05, 0) is 53.5 Å². The van der Waals surface area contributed by atoms with Crippen LogP contribution in [0.25, 0.3) is 0 Å². The minimum absolute atomic E-state index is 0.110. The van der Waals surface area contributed by atoms with Gasteiger partial charge in [-0.2, -0.15) is 0 Å². The van der Waals surface area contributed by atoms with E-state index >= 15 is 0 Å². The van der Waals surface area contributed by atoms with Gasteiger partial charge in [-0.15, -0.1) is 0 Å². The number of amides is 1. The Morgan fingerprint density at radius 3 is 3.00 bits per heavy atom. The lowest BCUT2D eigenvalue weighted by molar-refractivity contribution is 0.0981. The number of nitrogens with zero attached hydrogens (tertiary/aromatic N) is 3. The Labute approximate surface area is 131 Å². The summed E-state index contributed by atoms with van der Waals surface area (Å²) in [5.41, 5.74) is 3.08. The van der Waals surface area contributed by atoms with Crippen molar-refractivity contribution in [1.29, 1.82) is 0 Å². The fourth-order valence-corrected chi connectivity index (χ4v) is 2.72. The van der Waals surface area contributed by atoms with Crippen LogP contribution in [0.2, 0.25) is 0 Å². The molecule has 6 heteroatoms. The summed E-state index contributed by atoms with van der Waals surface area (Å²) in [5, 5.41) is 3.22. The molecule has 0 atom stereocenters. The Balaban J connectivity index is 2.04. The molecule has 0 unspecified atom stereocenters. The van der Waals surface area contributed by atoms with Gasteiger partial charge in [0.05, 0.1) is 5.69 Å². The molecule has 2 aromatic rings. The van der Waals surface area contributed by atoms with E-state index in [-0.39, 0.29) is 5.91 Å². The van der Waals surface area contributed by atoms with Gasteiger partial charge in [-0.1, -0.05) is 0 Å². The van der Waals surface area contributed by atoms with Crippen molar-refractivity contribution in [2.24, 2.45) is 0 Å². The molecule has 1 aliphatic rings. The van der Waals surface area contributed by atoms with Crippen molar-refractivity contribution in [2.45, 2.75) is 13.8 Å². The average molecular weight is 347 g/mol. The van der Waals surface area contributed by atoms with E-state index in [4.69, 9.17) is 0 Å². The number of fused-ring (bicyclic) bond motifs is 1. The van der Waals surface area contributed by atoms with Crippen LogP contribution in [0.5, 0.6) is 0 Å². The molecule has 0 aromatic carbocycles. The zero-order chi connectivity index (χ0) is 15.0. The number of carbonyl (C=O) groups is 1. The van der Waals surface area contributed by atoms with Gasteiger partial charge in [0, 0.05) is 29.5 Å². The van der Waals surface area contributed by atoms with Crippen molar-refractivity contribution >= 4 is 33.3 Å². The van der Waals surface area contributed by atoms with Gasteiger partial charge >= 0.3 is 0 Å². The lowest BCUT2D eigenvalue weighted by atomic mass is 10.2. The van der Waals surface area contributed by atoms with Gasteiger partial charge < -0.3 is 10.2 Å². The normalized spacial score (nSPS) is 13.6. The fraction of sp³-hybridized carbons (Fsp3) is 0.267. The smallest absolute Gasteiger partial charge is 0.278 e. The maximum absolute atomic E-state index is 12.8. The van der Waals surface area contributed by atoms with E-state index in [1.165, 1.54) is 0 Å². The molecular weight excluding hydrogens is 332 g/mol. The van der Waals surface area contributed by atoms with E-state index in [1.54, 1.807) is 11.1 Å². The molecule has 0 saturated carbocycles. The molecule has 0 aliphatic carbocycles. The van der Waals surface area contributed by atoms with E-state index in [9.17, 15) is 4.79 Å². The highest BCUT2D eigenvalue weighted by Gasteiger charge is 2.26. The molecule has 21 heavy (non-hydrogen) atoms. The zero-order valence-corrected chi connectivity index (χ0v) is 13.4. The van der Waals surface area contributed by atoms with E-state index in [0.29, 0.717) is 23.3 Å². The number of aryl methyl sites for hydroxylation is 2. The Morgan fingerprint density at radius 1 is 1.38 bits per heavy atom. The first-order valence-electron chi connectivity index (χ1n) is 6.72. The highest BCUT2D eigenvalue weighted by molar-refractivity contribution is 9.10. The Hall–Kier alpha value is -1.95. The molecule has 5 nitrogen and oxygen atoms in total. The Bertz CT molecular complexity index is 717. The van der Waals surface area contributed by atoms with Gasteiger partial charge in [0.1, 0.15) is 11.5 Å². The van der Waals surface area contributed by atoms with Crippen LogP contribution >= 0.6 is 15.9 Å².